The molecule has 4 heteroatoms. The van der Waals surface area contributed by atoms with Crippen molar-refractivity contribution < 1.29 is 4.79 Å². The van der Waals surface area contributed by atoms with Gasteiger partial charge in [0.2, 0.25) is 5.91 Å². The molecule has 18 heavy (non-hydrogen) atoms. The van der Waals surface area contributed by atoms with Gasteiger partial charge in [-0.3, -0.25) is 9.89 Å². The number of amides is 1. The third kappa shape index (κ3) is 3.59. The second-order valence-corrected chi connectivity index (χ2v) is 5.16. The number of H-pyrrole nitrogens is 1. The van der Waals surface area contributed by atoms with Crippen molar-refractivity contribution in [3.8, 4) is 0 Å². The quantitative estimate of drug-likeness (QED) is 0.863. The first-order chi connectivity index (χ1) is 8.79. The average molecular weight is 249 g/mol. The third-order valence-corrected chi connectivity index (χ3v) is 3.74. The van der Waals surface area contributed by atoms with Crippen LogP contribution in [0.1, 0.15) is 57.6 Å². The second kappa shape index (κ2) is 6.57. The number of carbonyl (C=O) groups is 1. The van der Waals surface area contributed by atoms with E-state index in [2.05, 4.69) is 22.4 Å². The molecule has 2 rings (SSSR count). The molecule has 4 nitrogen and oxygen atoms in total. The van der Waals surface area contributed by atoms with Gasteiger partial charge in [0.25, 0.3) is 0 Å². The molecule has 0 spiro atoms. The molecule has 2 N–H and O–H groups in total. The van der Waals surface area contributed by atoms with Gasteiger partial charge in [0.15, 0.2) is 5.82 Å². The topological polar surface area (TPSA) is 57.8 Å². The van der Waals surface area contributed by atoms with Crippen molar-refractivity contribution >= 4 is 11.7 Å². The Balaban J connectivity index is 1.89. The van der Waals surface area contributed by atoms with Crippen molar-refractivity contribution in [2.24, 2.45) is 5.92 Å². The molecule has 1 amide bonds. The summed E-state index contributed by atoms with van der Waals surface area (Å²) in [4.78, 5) is 12.2. The average Bonchev–Trinajstić information content (AvgIpc) is 2.76. The zero-order chi connectivity index (χ0) is 12.8. The zero-order valence-electron chi connectivity index (χ0n) is 11.2. The lowest BCUT2D eigenvalue weighted by atomic mass is 9.90. The number of nitrogens with one attached hydrogen (secondary N) is 2. The predicted octanol–water partition coefficient (Wildman–Crippen LogP) is 3.27. The van der Waals surface area contributed by atoms with E-state index < -0.39 is 0 Å². The van der Waals surface area contributed by atoms with E-state index in [0.717, 1.165) is 25.0 Å². The minimum Gasteiger partial charge on any atom is -0.309 e. The molecular weight excluding hydrogens is 226 g/mol. The first kappa shape index (κ1) is 13.1. The van der Waals surface area contributed by atoms with Gasteiger partial charge in [-0.2, -0.15) is 5.10 Å². The number of rotatable bonds is 3. The summed E-state index contributed by atoms with van der Waals surface area (Å²) in [5.41, 5.74) is 1.06. The van der Waals surface area contributed by atoms with E-state index in [1.807, 2.05) is 6.07 Å². The summed E-state index contributed by atoms with van der Waals surface area (Å²) in [7, 11) is 0. The van der Waals surface area contributed by atoms with Gasteiger partial charge >= 0.3 is 0 Å². The minimum atomic E-state index is 0.144. The molecule has 1 heterocycles. The summed E-state index contributed by atoms with van der Waals surface area (Å²) >= 11 is 0. The molecule has 0 unspecified atom stereocenters. The number of aromatic nitrogens is 2. The molecule has 0 aromatic carbocycles. The number of aromatic amines is 1. The Morgan fingerprint density at radius 2 is 2.00 bits per heavy atom. The normalized spacial score (nSPS) is 18.1. The molecule has 1 fully saturated rings. The number of aryl methyl sites for hydroxylation is 1. The third-order valence-electron chi connectivity index (χ3n) is 3.74. The van der Waals surface area contributed by atoms with Crippen LogP contribution in [0.25, 0.3) is 0 Å². The van der Waals surface area contributed by atoms with Crippen LogP contribution in [0.3, 0.4) is 0 Å². The Bertz CT molecular complexity index is 378. The van der Waals surface area contributed by atoms with Gasteiger partial charge < -0.3 is 5.32 Å². The van der Waals surface area contributed by atoms with E-state index >= 15 is 0 Å². The van der Waals surface area contributed by atoms with E-state index in [0.29, 0.717) is 5.82 Å². The van der Waals surface area contributed by atoms with Gasteiger partial charge in [-0.15, -0.1) is 0 Å². The van der Waals surface area contributed by atoms with Crippen LogP contribution in [0.15, 0.2) is 6.07 Å². The molecule has 100 valence electrons. The molecular formula is C14H23N3O. The van der Waals surface area contributed by atoms with E-state index in [1.165, 1.54) is 32.1 Å². The number of hydrogen-bond donors (Lipinski definition) is 2. The lowest BCUT2D eigenvalue weighted by Crippen LogP contribution is -2.23. The van der Waals surface area contributed by atoms with Crippen molar-refractivity contribution in [3.63, 3.8) is 0 Å². The molecule has 0 radical (unpaired) electrons. The zero-order valence-corrected chi connectivity index (χ0v) is 11.2. The summed E-state index contributed by atoms with van der Waals surface area (Å²) in [6.45, 7) is 2.06. The highest BCUT2D eigenvalue weighted by atomic mass is 16.1. The Morgan fingerprint density at radius 1 is 1.33 bits per heavy atom. The fourth-order valence-corrected chi connectivity index (χ4v) is 2.55. The van der Waals surface area contributed by atoms with Crippen LogP contribution < -0.4 is 5.32 Å². The first-order valence-electron chi connectivity index (χ1n) is 7.14. The van der Waals surface area contributed by atoms with Crippen LogP contribution in [-0.2, 0) is 11.2 Å². The second-order valence-electron chi connectivity index (χ2n) is 5.16. The van der Waals surface area contributed by atoms with Crippen LogP contribution in [0, 0.1) is 5.92 Å². The monoisotopic (exact) mass is 249 g/mol. The Labute approximate surface area is 109 Å². The highest BCUT2D eigenvalue weighted by Gasteiger charge is 2.19. The van der Waals surface area contributed by atoms with Crippen LogP contribution in [-0.4, -0.2) is 16.1 Å². The highest BCUT2D eigenvalue weighted by Crippen LogP contribution is 2.23. The molecule has 1 aliphatic carbocycles. The molecule has 1 aliphatic rings. The van der Waals surface area contributed by atoms with Crippen molar-refractivity contribution in [1.82, 2.24) is 10.2 Å². The van der Waals surface area contributed by atoms with Gasteiger partial charge in [0, 0.05) is 17.7 Å². The summed E-state index contributed by atoms with van der Waals surface area (Å²) < 4.78 is 0. The maximum absolute atomic E-state index is 12.2. The van der Waals surface area contributed by atoms with E-state index in [1.54, 1.807) is 0 Å². The van der Waals surface area contributed by atoms with Crippen molar-refractivity contribution in [3.05, 3.63) is 11.8 Å². The molecule has 1 aromatic rings. The predicted molar refractivity (Wildman–Crippen MR) is 72.4 cm³/mol. The maximum Gasteiger partial charge on any atom is 0.228 e. The SMILES string of the molecule is CCc1cc(NC(=O)C2CCCCCCC2)n[nH]1. The molecule has 1 aromatic heterocycles. The molecule has 1 saturated carbocycles. The summed E-state index contributed by atoms with van der Waals surface area (Å²) in [5, 5.41) is 9.96. The fraction of sp³-hybridized carbons (Fsp3) is 0.714. The maximum atomic E-state index is 12.2. The Hall–Kier alpha value is -1.32. The van der Waals surface area contributed by atoms with Crippen LogP contribution in [0.4, 0.5) is 5.82 Å². The number of hydrogen-bond acceptors (Lipinski definition) is 2. The molecule has 0 aliphatic heterocycles. The van der Waals surface area contributed by atoms with Crippen LogP contribution in [0.5, 0.6) is 0 Å². The van der Waals surface area contributed by atoms with Gasteiger partial charge in [-0.1, -0.05) is 39.0 Å². The van der Waals surface area contributed by atoms with Gasteiger partial charge in [-0.05, 0) is 19.3 Å². The lowest BCUT2D eigenvalue weighted by Gasteiger charge is -2.18. The van der Waals surface area contributed by atoms with E-state index in [-0.39, 0.29) is 11.8 Å². The molecule has 0 atom stereocenters. The summed E-state index contributed by atoms with van der Waals surface area (Å²) in [6, 6.07) is 1.92. The fourth-order valence-electron chi connectivity index (χ4n) is 2.55. The van der Waals surface area contributed by atoms with E-state index in [9.17, 15) is 4.79 Å². The summed E-state index contributed by atoms with van der Waals surface area (Å²) in [6.07, 6.45) is 9.18. The smallest absolute Gasteiger partial charge is 0.228 e. The standard InChI is InChI=1S/C14H23N3O/c1-2-12-10-13(17-16-12)15-14(18)11-8-6-4-3-5-7-9-11/h10-11H,2-9H2,1H3,(H2,15,16,17,18). The van der Waals surface area contributed by atoms with Gasteiger partial charge in [0.05, 0.1) is 0 Å². The van der Waals surface area contributed by atoms with Gasteiger partial charge in [0.1, 0.15) is 0 Å². The Morgan fingerprint density at radius 3 is 2.61 bits per heavy atom. The minimum absolute atomic E-state index is 0.144. The van der Waals surface area contributed by atoms with Crippen LogP contribution >= 0.6 is 0 Å². The van der Waals surface area contributed by atoms with Crippen molar-refractivity contribution in [2.75, 3.05) is 5.32 Å². The van der Waals surface area contributed by atoms with Crippen molar-refractivity contribution in [2.45, 2.75) is 58.3 Å². The van der Waals surface area contributed by atoms with Crippen LogP contribution in [0.2, 0.25) is 0 Å². The van der Waals surface area contributed by atoms with E-state index in [4.69, 9.17) is 0 Å². The molecule has 0 saturated heterocycles. The number of carbonyl (C=O) groups excluding carboxylic acids is 1. The summed E-state index contributed by atoms with van der Waals surface area (Å²) in [5.74, 6) is 0.983. The first-order valence-corrected chi connectivity index (χ1v) is 7.14. The van der Waals surface area contributed by atoms with Gasteiger partial charge in [-0.25, -0.2) is 0 Å². The number of anilines is 1. The largest absolute Gasteiger partial charge is 0.309 e. The van der Waals surface area contributed by atoms with Crippen molar-refractivity contribution in [1.29, 1.82) is 0 Å². The lowest BCUT2D eigenvalue weighted by molar-refractivity contribution is -0.120. The molecule has 0 bridgehead atoms. The highest BCUT2D eigenvalue weighted by molar-refractivity contribution is 5.91. The number of nitrogens with zero attached hydrogens (tertiary/aromatic N) is 1. The Kier molecular flexibility index (Phi) is 4.79.